The van der Waals surface area contributed by atoms with E-state index >= 15 is 0 Å². The summed E-state index contributed by atoms with van der Waals surface area (Å²) in [4.78, 5) is 0. The van der Waals surface area contributed by atoms with Gasteiger partial charge in [0.15, 0.2) is 6.29 Å². The first kappa shape index (κ1) is 15.4. The van der Waals surface area contributed by atoms with Crippen molar-refractivity contribution in [1.82, 2.24) is 5.32 Å². The third kappa shape index (κ3) is 3.84. The van der Waals surface area contributed by atoms with E-state index in [1.54, 1.807) is 12.1 Å². The number of nitrogens with one attached hydrogen (secondary N) is 1. The zero-order valence-electron chi connectivity index (χ0n) is 12.0. The quantitative estimate of drug-likeness (QED) is 0.931. The molecule has 2 atom stereocenters. The van der Waals surface area contributed by atoms with Crippen molar-refractivity contribution in [2.24, 2.45) is 0 Å². The molecule has 1 fully saturated rings. The lowest BCUT2D eigenvalue weighted by Crippen LogP contribution is -2.43. The second kappa shape index (κ2) is 7.20. The molecular formula is C17H17ClFNO2. The molecule has 1 heterocycles. The SMILES string of the molecule is Fc1ccc([C@@H]2NCCO[C@@H]2OCc2cccc(Cl)c2)cc1. The van der Waals surface area contributed by atoms with E-state index in [1.165, 1.54) is 12.1 Å². The summed E-state index contributed by atoms with van der Waals surface area (Å²) < 4.78 is 24.7. The van der Waals surface area contributed by atoms with Gasteiger partial charge in [-0.2, -0.15) is 0 Å². The first-order valence-electron chi connectivity index (χ1n) is 7.19. The van der Waals surface area contributed by atoms with Gasteiger partial charge in [-0.25, -0.2) is 4.39 Å². The van der Waals surface area contributed by atoms with Crippen LogP contribution in [0.25, 0.3) is 0 Å². The molecule has 0 saturated carbocycles. The first-order chi connectivity index (χ1) is 10.7. The predicted octanol–water partition coefficient (Wildman–Crippen LogP) is 3.68. The average Bonchev–Trinajstić information content (AvgIpc) is 2.54. The van der Waals surface area contributed by atoms with Crippen molar-refractivity contribution in [3.05, 3.63) is 70.5 Å². The molecule has 1 aliphatic heterocycles. The topological polar surface area (TPSA) is 30.5 Å². The summed E-state index contributed by atoms with van der Waals surface area (Å²) in [6.07, 6.45) is -0.418. The van der Waals surface area contributed by atoms with Crippen molar-refractivity contribution in [3.8, 4) is 0 Å². The molecule has 0 radical (unpaired) electrons. The normalized spacial score (nSPS) is 21.7. The second-order valence-corrected chi connectivity index (χ2v) is 5.60. The molecule has 0 amide bonds. The van der Waals surface area contributed by atoms with Gasteiger partial charge in [-0.15, -0.1) is 0 Å². The lowest BCUT2D eigenvalue weighted by Gasteiger charge is -2.33. The van der Waals surface area contributed by atoms with E-state index in [-0.39, 0.29) is 11.9 Å². The Morgan fingerprint density at radius 3 is 2.82 bits per heavy atom. The summed E-state index contributed by atoms with van der Waals surface area (Å²) in [7, 11) is 0. The molecule has 0 bridgehead atoms. The van der Waals surface area contributed by atoms with Crippen LogP contribution in [0, 0.1) is 5.82 Å². The minimum Gasteiger partial charge on any atom is -0.349 e. The molecule has 1 saturated heterocycles. The van der Waals surface area contributed by atoms with Crippen LogP contribution in [0.5, 0.6) is 0 Å². The van der Waals surface area contributed by atoms with Crippen molar-refractivity contribution in [2.75, 3.05) is 13.2 Å². The van der Waals surface area contributed by atoms with Gasteiger partial charge in [-0.3, -0.25) is 0 Å². The molecule has 5 heteroatoms. The first-order valence-corrected chi connectivity index (χ1v) is 7.57. The van der Waals surface area contributed by atoms with Crippen molar-refractivity contribution >= 4 is 11.6 Å². The van der Waals surface area contributed by atoms with Gasteiger partial charge >= 0.3 is 0 Å². The molecular weight excluding hydrogens is 305 g/mol. The number of hydrogen-bond donors (Lipinski definition) is 1. The van der Waals surface area contributed by atoms with Crippen LogP contribution in [-0.2, 0) is 16.1 Å². The Morgan fingerprint density at radius 1 is 1.23 bits per heavy atom. The van der Waals surface area contributed by atoms with Crippen LogP contribution in [0.4, 0.5) is 4.39 Å². The Kier molecular flexibility index (Phi) is 5.05. The third-order valence-electron chi connectivity index (χ3n) is 3.55. The Morgan fingerprint density at radius 2 is 2.05 bits per heavy atom. The summed E-state index contributed by atoms with van der Waals surface area (Å²) in [5, 5.41) is 4.03. The smallest absolute Gasteiger partial charge is 0.177 e. The average molecular weight is 322 g/mol. The van der Waals surface area contributed by atoms with Gasteiger partial charge in [0.05, 0.1) is 19.3 Å². The summed E-state index contributed by atoms with van der Waals surface area (Å²) >= 11 is 5.97. The fourth-order valence-electron chi connectivity index (χ4n) is 2.48. The van der Waals surface area contributed by atoms with E-state index in [4.69, 9.17) is 21.1 Å². The zero-order chi connectivity index (χ0) is 15.4. The monoisotopic (exact) mass is 321 g/mol. The summed E-state index contributed by atoms with van der Waals surface area (Å²) in [6, 6.07) is 13.8. The molecule has 1 aliphatic rings. The fourth-order valence-corrected chi connectivity index (χ4v) is 2.69. The Balaban J connectivity index is 1.68. The lowest BCUT2D eigenvalue weighted by molar-refractivity contribution is -0.183. The zero-order valence-corrected chi connectivity index (χ0v) is 12.7. The van der Waals surface area contributed by atoms with Gasteiger partial charge in [0.25, 0.3) is 0 Å². The Bertz CT molecular complexity index is 620. The highest BCUT2D eigenvalue weighted by Gasteiger charge is 2.27. The number of rotatable bonds is 4. The third-order valence-corrected chi connectivity index (χ3v) is 3.79. The predicted molar refractivity (Wildman–Crippen MR) is 83.1 cm³/mol. The van der Waals surface area contributed by atoms with Crippen LogP contribution in [0.1, 0.15) is 17.2 Å². The van der Waals surface area contributed by atoms with Gasteiger partial charge < -0.3 is 14.8 Å². The number of morpholine rings is 1. The van der Waals surface area contributed by atoms with Crippen LogP contribution < -0.4 is 5.32 Å². The number of hydrogen-bond acceptors (Lipinski definition) is 3. The van der Waals surface area contributed by atoms with Crippen LogP contribution in [-0.4, -0.2) is 19.4 Å². The van der Waals surface area contributed by atoms with E-state index in [2.05, 4.69) is 5.32 Å². The van der Waals surface area contributed by atoms with Gasteiger partial charge in [-0.1, -0.05) is 35.9 Å². The maximum Gasteiger partial charge on any atom is 0.177 e. The molecule has 0 aliphatic carbocycles. The van der Waals surface area contributed by atoms with Gasteiger partial charge in [0.1, 0.15) is 5.82 Å². The Hall–Kier alpha value is -1.46. The minimum absolute atomic E-state index is 0.117. The van der Waals surface area contributed by atoms with E-state index in [0.717, 1.165) is 17.7 Å². The molecule has 1 N–H and O–H groups in total. The number of benzene rings is 2. The van der Waals surface area contributed by atoms with Crippen molar-refractivity contribution in [2.45, 2.75) is 18.9 Å². The highest BCUT2D eigenvalue weighted by Crippen LogP contribution is 2.24. The Labute approximate surface area is 134 Å². The van der Waals surface area contributed by atoms with E-state index in [1.807, 2.05) is 24.3 Å². The minimum atomic E-state index is -0.418. The van der Waals surface area contributed by atoms with Gasteiger partial charge in [-0.05, 0) is 35.4 Å². The summed E-state index contributed by atoms with van der Waals surface area (Å²) in [5.74, 6) is -0.253. The maximum absolute atomic E-state index is 13.1. The largest absolute Gasteiger partial charge is 0.349 e. The second-order valence-electron chi connectivity index (χ2n) is 5.16. The van der Waals surface area contributed by atoms with Gasteiger partial charge in [0.2, 0.25) is 0 Å². The summed E-state index contributed by atoms with van der Waals surface area (Å²) in [5.41, 5.74) is 1.93. The fraction of sp³-hybridized carbons (Fsp3) is 0.294. The molecule has 2 aromatic rings. The highest BCUT2D eigenvalue weighted by molar-refractivity contribution is 6.30. The molecule has 3 nitrogen and oxygen atoms in total. The van der Waals surface area contributed by atoms with E-state index in [9.17, 15) is 4.39 Å². The van der Waals surface area contributed by atoms with Crippen LogP contribution in [0.15, 0.2) is 48.5 Å². The van der Waals surface area contributed by atoms with E-state index < -0.39 is 6.29 Å². The van der Waals surface area contributed by atoms with Crippen LogP contribution in [0.2, 0.25) is 5.02 Å². The molecule has 0 unspecified atom stereocenters. The van der Waals surface area contributed by atoms with Crippen molar-refractivity contribution < 1.29 is 13.9 Å². The van der Waals surface area contributed by atoms with Crippen LogP contribution in [0.3, 0.4) is 0 Å². The molecule has 3 rings (SSSR count). The van der Waals surface area contributed by atoms with Gasteiger partial charge in [0, 0.05) is 11.6 Å². The molecule has 116 valence electrons. The highest BCUT2D eigenvalue weighted by atomic mass is 35.5. The number of ether oxygens (including phenoxy) is 2. The van der Waals surface area contributed by atoms with Crippen LogP contribution >= 0.6 is 11.6 Å². The molecule has 0 aromatic heterocycles. The van der Waals surface area contributed by atoms with Crippen molar-refractivity contribution in [3.63, 3.8) is 0 Å². The molecule has 0 spiro atoms. The molecule has 2 aromatic carbocycles. The lowest BCUT2D eigenvalue weighted by atomic mass is 10.1. The van der Waals surface area contributed by atoms with E-state index in [0.29, 0.717) is 18.2 Å². The van der Waals surface area contributed by atoms with Crippen molar-refractivity contribution in [1.29, 1.82) is 0 Å². The maximum atomic E-state index is 13.1. The summed E-state index contributed by atoms with van der Waals surface area (Å²) in [6.45, 7) is 1.72. The number of halogens is 2. The standard InChI is InChI=1S/C17H17ClFNO2/c18-14-3-1-2-12(10-14)11-22-17-16(20-8-9-21-17)13-4-6-15(19)7-5-13/h1-7,10,16-17,20H,8-9,11H2/t16-,17+/m0/s1. The molecule has 22 heavy (non-hydrogen) atoms.